The Morgan fingerprint density at radius 1 is 1.37 bits per heavy atom. The number of nitrogens with zero attached hydrogens (tertiary/aromatic N) is 1. The molecule has 1 aromatic carbocycles. The molecule has 0 unspecified atom stereocenters. The first-order valence-electron chi connectivity index (χ1n) is 6.06. The van der Waals surface area contributed by atoms with Gasteiger partial charge in [-0.15, -0.1) is 0 Å². The van der Waals surface area contributed by atoms with E-state index in [2.05, 4.69) is 0 Å². The Hall–Kier alpha value is -0.820. The van der Waals surface area contributed by atoms with Crippen molar-refractivity contribution in [2.45, 2.75) is 18.7 Å². The minimum atomic E-state index is -3.64. The van der Waals surface area contributed by atoms with Crippen LogP contribution in [-0.4, -0.2) is 39.0 Å². The zero-order valence-corrected chi connectivity index (χ0v) is 12.7. The van der Waals surface area contributed by atoms with Gasteiger partial charge >= 0.3 is 0 Å². The molecule has 108 valence electrons. The van der Waals surface area contributed by atoms with Crippen molar-refractivity contribution in [3.63, 3.8) is 0 Å². The molecule has 0 bridgehead atoms. The number of anilines is 1. The van der Waals surface area contributed by atoms with Gasteiger partial charge < -0.3 is 10.5 Å². The van der Waals surface area contributed by atoms with E-state index in [1.165, 1.54) is 16.4 Å². The molecule has 0 aliphatic carbocycles. The highest BCUT2D eigenvalue weighted by Gasteiger charge is 2.25. The molecule has 0 saturated carbocycles. The number of likely N-dealkylation sites (N-methyl/N-ethyl adjacent to an activating group) is 1. The lowest BCUT2D eigenvalue weighted by Gasteiger charge is -2.21. The van der Waals surface area contributed by atoms with Crippen LogP contribution in [0, 0.1) is 0 Å². The number of halogens is 1. The van der Waals surface area contributed by atoms with E-state index >= 15 is 0 Å². The fourth-order valence-electron chi connectivity index (χ4n) is 1.63. The molecule has 0 aliphatic heterocycles. The fraction of sp³-hybridized carbons (Fsp3) is 0.500. The quantitative estimate of drug-likeness (QED) is 0.617. The maximum atomic E-state index is 12.5. The van der Waals surface area contributed by atoms with E-state index in [4.69, 9.17) is 22.1 Å². The van der Waals surface area contributed by atoms with Gasteiger partial charge in [-0.1, -0.05) is 18.5 Å². The molecular formula is C12H19ClN2O3S. The van der Waals surface area contributed by atoms with Crippen LogP contribution in [-0.2, 0) is 14.8 Å². The Morgan fingerprint density at radius 3 is 2.63 bits per heavy atom. The Morgan fingerprint density at radius 2 is 2.05 bits per heavy atom. The summed E-state index contributed by atoms with van der Waals surface area (Å²) in [6.07, 6.45) is 0. The number of nitrogen functional groups attached to an aromatic ring is 1. The molecule has 0 radical (unpaired) electrons. The molecule has 19 heavy (non-hydrogen) atoms. The second kappa shape index (κ2) is 7.09. The molecular weight excluding hydrogens is 288 g/mol. The third kappa shape index (κ3) is 4.07. The number of ether oxygens (including phenoxy) is 1. The van der Waals surface area contributed by atoms with Crippen molar-refractivity contribution in [2.75, 3.05) is 32.0 Å². The van der Waals surface area contributed by atoms with Crippen molar-refractivity contribution in [3.05, 3.63) is 23.2 Å². The molecule has 0 saturated heterocycles. The van der Waals surface area contributed by atoms with E-state index in [1.807, 2.05) is 6.92 Å². The Balaban J connectivity index is 3.03. The summed E-state index contributed by atoms with van der Waals surface area (Å²) in [5.74, 6) is 0. The van der Waals surface area contributed by atoms with Crippen LogP contribution in [0.15, 0.2) is 23.1 Å². The number of benzene rings is 1. The summed E-state index contributed by atoms with van der Waals surface area (Å²) >= 11 is 5.83. The van der Waals surface area contributed by atoms with E-state index in [0.717, 1.165) is 0 Å². The molecule has 0 heterocycles. The minimum Gasteiger partial charge on any atom is -0.398 e. The van der Waals surface area contributed by atoms with Gasteiger partial charge in [-0.2, -0.15) is 4.31 Å². The van der Waals surface area contributed by atoms with Gasteiger partial charge in [0, 0.05) is 24.7 Å². The van der Waals surface area contributed by atoms with Gasteiger partial charge in [0.25, 0.3) is 0 Å². The number of rotatable bonds is 7. The first kappa shape index (κ1) is 16.2. The van der Waals surface area contributed by atoms with Crippen molar-refractivity contribution in [1.29, 1.82) is 0 Å². The number of hydrogen-bond donors (Lipinski definition) is 1. The van der Waals surface area contributed by atoms with Crippen LogP contribution in [0.3, 0.4) is 0 Å². The molecule has 2 N–H and O–H groups in total. The van der Waals surface area contributed by atoms with E-state index in [-0.39, 0.29) is 10.6 Å². The Kier molecular flexibility index (Phi) is 6.06. The van der Waals surface area contributed by atoms with Crippen LogP contribution in [0.1, 0.15) is 13.8 Å². The molecule has 0 aliphatic rings. The molecule has 0 aromatic heterocycles. The van der Waals surface area contributed by atoms with Gasteiger partial charge in [0.1, 0.15) is 4.90 Å². The van der Waals surface area contributed by atoms with Crippen LogP contribution >= 0.6 is 11.6 Å². The lowest BCUT2D eigenvalue weighted by atomic mass is 10.3. The van der Waals surface area contributed by atoms with Gasteiger partial charge in [-0.25, -0.2) is 8.42 Å². The molecule has 0 spiro atoms. The van der Waals surface area contributed by atoms with Gasteiger partial charge in [0.15, 0.2) is 0 Å². The topological polar surface area (TPSA) is 72.6 Å². The molecule has 0 fully saturated rings. The number of nitrogens with two attached hydrogens (primary N) is 1. The summed E-state index contributed by atoms with van der Waals surface area (Å²) in [5, 5.41) is 0.341. The van der Waals surface area contributed by atoms with Crippen LogP contribution < -0.4 is 5.73 Å². The van der Waals surface area contributed by atoms with Gasteiger partial charge in [0.05, 0.1) is 12.3 Å². The van der Waals surface area contributed by atoms with Gasteiger partial charge in [0.2, 0.25) is 10.0 Å². The van der Waals surface area contributed by atoms with Crippen molar-refractivity contribution in [1.82, 2.24) is 4.31 Å². The molecule has 5 nitrogen and oxygen atoms in total. The van der Waals surface area contributed by atoms with Crippen molar-refractivity contribution in [3.8, 4) is 0 Å². The summed E-state index contributed by atoms with van der Waals surface area (Å²) < 4.78 is 31.4. The van der Waals surface area contributed by atoms with Crippen LogP contribution in [0.2, 0.25) is 5.02 Å². The third-order valence-corrected chi connectivity index (χ3v) is 4.90. The zero-order chi connectivity index (χ0) is 14.5. The second-order valence-electron chi connectivity index (χ2n) is 3.88. The number of hydrogen-bond acceptors (Lipinski definition) is 4. The third-order valence-electron chi connectivity index (χ3n) is 2.64. The summed E-state index contributed by atoms with van der Waals surface area (Å²) in [7, 11) is -3.64. The number of sulfonamides is 1. The second-order valence-corrected chi connectivity index (χ2v) is 6.22. The highest BCUT2D eigenvalue weighted by atomic mass is 35.5. The first-order valence-corrected chi connectivity index (χ1v) is 7.88. The van der Waals surface area contributed by atoms with Gasteiger partial charge in [-0.3, -0.25) is 0 Å². The van der Waals surface area contributed by atoms with Crippen molar-refractivity contribution >= 4 is 27.3 Å². The lowest BCUT2D eigenvalue weighted by molar-refractivity contribution is 0.135. The first-order chi connectivity index (χ1) is 8.93. The predicted molar refractivity (Wildman–Crippen MR) is 76.8 cm³/mol. The maximum absolute atomic E-state index is 12.5. The summed E-state index contributed by atoms with van der Waals surface area (Å²) in [6, 6.07) is 4.42. The van der Waals surface area contributed by atoms with Gasteiger partial charge in [-0.05, 0) is 25.1 Å². The average molecular weight is 307 g/mol. The summed E-state index contributed by atoms with van der Waals surface area (Å²) in [4.78, 5) is 0.0401. The minimum absolute atomic E-state index is 0.0401. The monoisotopic (exact) mass is 306 g/mol. The van der Waals surface area contributed by atoms with Crippen LogP contribution in [0.5, 0.6) is 0 Å². The van der Waals surface area contributed by atoms with E-state index < -0.39 is 10.0 Å². The fourth-order valence-corrected chi connectivity index (χ4v) is 3.44. The Labute approximate surface area is 119 Å². The molecule has 1 aromatic rings. The van der Waals surface area contributed by atoms with E-state index in [0.29, 0.717) is 31.3 Å². The SMILES string of the molecule is CCOCCN(CC)S(=O)(=O)c1cc(Cl)ccc1N. The normalized spacial score (nSPS) is 12.0. The predicted octanol–water partition coefficient (Wildman–Crippen LogP) is 1.97. The van der Waals surface area contributed by atoms with E-state index in [9.17, 15) is 8.42 Å². The molecule has 0 atom stereocenters. The maximum Gasteiger partial charge on any atom is 0.245 e. The molecule has 0 amide bonds. The standard InChI is InChI=1S/C12H19ClN2O3S/c1-3-15(7-8-18-4-2)19(16,17)12-9-10(13)5-6-11(12)14/h5-6,9H,3-4,7-8,14H2,1-2H3. The van der Waals surface area contributed by atoms with E-state index in [1.54, 1.807) is 13.0 Å². The smallest absolute Gasteiger partial charge is 0.245 e. The largest absolute Gasteiger partial charge is 0.398 e. The summed E-state index contributed by atoms with van der Waals surface area (Å²) in [5.41, 5.74) is 5.92. The lowest BCUT2D eigenvalue weighted by Crippen LogP contribution is -2.34. The van der Waals surface area contributed by atoms with Crippen molar-refractivity contribution in [2.24, 2.45) is 0 Å². The van der Waals surface area contributed by atoms with Crippen LogP contribution in [0.4, 0.5) is 5.69 Å². The highest BCUT2D eigenvalue weighted by Crippen LogP contribution is 2.25. The summed E-state index contributed by atoms with van der Waals surface area (Å²) in [6.45, 7) is 5.17. The zero-order valence-electron chi connectivity index (χ0n) is 11.1. The van der Waals surface area contributed by atoms with Crippen molar-refractivity contribution < 1.29 is 13.2 Å². The average Bonchev–Trinajstić information content (AvgIpc) is 2.37. The molecule has 7 heteroatoms. The Bertz CT molecular complexity index is 520. The molecule has 1 rings (SSSR count). The van der Waals surface area contributed by atoms with Crippen LogP contribution in [0.25, 0.3) is 0 Å². The highest BCUT2D eigenvalue weighted by molar-refractivity contribution is 7.89.